The van der Waals surface area contributed by atoms with Gasteiger partial charge in [0.25, 0.3) is 0 Å². The van der Waals surface area contributed by atoms with Crippen LogP contribution in [0.4, 0.5) is 11.6 Å². The van der Waals surface area contributed by atoms with Gasteiger partial charge in [-0.3, -0.25) is 9.41 Å². The number of nitrogens with one attached hydrogen (secondary N) is 2. The van der Waals surface area contributed by atoms with Gasteiger partial charge in [0.1, 0.15) is 17.5 Å². The fraction of sp³-hybridized carbons (Fsp3) is 0.455. The van der Waals surface area contributed by atoms with E-state index in [4.69, 9.17) is 4.99 Å². The Bertz CT molecular complexity index is 1070. The summed E-state index contributed by atoms with van der Waals surface area (Å²) in [4.78, 5) is 9.14. The molecule has 0 bridgehead atoms. The van der Waals surface area contributed by atoms with Gasteiger partial charge in [0.2, 0.25) is 0 Å². The molecule has 1 unspecified atom stereocenters. The highest BCUT2D eigenvalue weighted by Crippen LogP contribution is 2.30. The van der Waals surface area contributed by atoms with Crippen LogP contribution in [0, 0.1) is 5.92 Å². The number of hydrogen-bond acceptors (Lipinski definition) is 6. The minimum Gasteiger partial charge on any atom is -0.374 e. The van der Waals surface area contributed by atoms with E-state index in [2.05, 4.69) is 63.2 Å². The topological polar surface area (TPSA) is 82.7 Å². The van der Waals surface area contributed by atoms with Crippen molar-refractivity contribution in [2.24, 2.45) is 10.9 Å². The Morgan fingerprint density at radius 1 is 1.17 bits per heavy atom. The summed E-state index contributed by atoms with van der Waals surface area (Å²) in [5.74, 6) is 4.61. The molecule has 1 aliphatic heterocycles. The maximum Gasteiger partial charge on any atom is 0.163 e. The number of rotatable bonds is 6. The van der Waals surface area contributed by atoms with Crippen LogP contribution in [0.25, 0.3) is 16.8 Å². The highest BCUT2D eigenvalue weighted by Gasteiger charge is 2.18. The van der Waals surface area contributed by atoms with Crippen molar-refractivity contribution in [3.63, 3.8) is 0 Å². The molecular formula is C22H30N8. The quantitative estimate of drug-likeness (QED) is 0.647. The first-order chi connectivity index (χ1) is 14.5. The fourth-order valence-electron chi connectivity index (χ4n) is 4.04. The molecule has 30 heavy (non-hydrogen) atoms. The van der Waals surface area contributed by atoms with Gasteiger partial charge in [0, 0.05) is 39.2 Å². The van der Waals surface area contributed by atoms with Gasteiger partial charge in [0.05, 0.1) is 0 Å². The summed E-state index contributed by atoms with van der Waals surface area (Å²) < 4.78 is 2.12. The van der Waals surface area contributed by atoms with E-state index in [0.29, 0.717) is 17.7 Å². The van der Waals surface area contributed by atoms with Crippen LogP contribution in [0.3, 0.4) is 0 Å². The maximum absolute atomic E-state index is 4.71. The monoisotopic (exact) mass is 406 g/mol. The Hall–Kier alpha value is -3.00. The summed E-state index contributed by atoms with van der Waals surface area (Å²) in [7, 11) is 3.91. The lowest BCUT2D eigenvalue weighted by atomic mass is 9.98. The Morgan fingerprint density at radius 3 is 2.70 bits per heavy atom. The van der Waals surface area contributed by atoms with Crippen LogP contribution in [0.5, 0.6) is 0 Å². The number of nitrogens with zero attached hydrogens (tertiary/aromatic N) is 6. The highest BCUT2D eigenvalue weighted by molar-refractivity contribution is 5.86. The highest BCUT2D eigenvalue weighted by atomic mass is 15.5. The summed E-state index contributed by atoms with van der Waals surface area (Å²) >= 11 is 0. The molecule has 8 heteroatoms. The zero-order valence-electron chi connectivity index (χ0n) is 18.3. The summed E-state index contributed by atoms with van der Waals surface area (Å²) in [6, 6.07) is 8.24. The first-order valence-electron chi connectivity index (χ1n) is 10.5. The number of aliphatic imine (C=N–C) groups is 1. The van der Waals surface area contributed by atoms with Gasteiger partial charge in [0.15, 0.2) is 11.5 Å². The van der Waals surface area contributed by atoms with Gasteiger partial charge in [-0.05, 0) is 47.7 Å². The van der Waals surface area contributed by atoms with Crippen LogP contribution < -0.4 is 10.7 Å². The predicted molar refractivity (Wildman–Crippen MR) is 121 cm³/mol. The maximum atomic E-state index is 4.71. The van der Waals surface area contributed by atoms with Gasteiger partial charge in [-0.15, -0.1) is 10.2 Å². The summed E-state index contributed by atoms with van der Waals surface area (Å²) in [5.41, 5.74) is 6.19. The number of amidine groups is 1. The molecular weight excluding hydrogens is 376 g/mol. The molecule has 3 aromatic rings. The minimum atomic E-state index is 0.332. The largest absolute Gasteiger partial charge is 0.374 e. The van der Waals surface area contributed by atoms with Crippen molar-refractivity contribution in [3.8, 4) is 11.1 Å². The van der Waals surface area contributed by atoms with E-state index in [1.807, 2.05) is 31.2 Å². The second-order valence-electron chi connectivity index (χ2n) is 8.31. The molecule has 0 aromatic carbocycles. The van der Waals surface area contributed by atoms with E-state index in [9.17, 15) is 0 Å². The second kappa shape index (κ2) is 8.39. The van der Waals surface area contributed by atoms with Gasteiger partial charge in [-0.1, -0.05) is 20.8 Å². The smallest absolute Gasteiger partial charge is 0.163 e. The Balaban J connectivity index is 1.73. The lowest BCUT2D eigenvalue weighted by Gasteiger charge is -2.15. The molecule has 158 valence electrons. The van der Waals surface area contributed by atoms with E-state index in [1.165, 1.54) is 0 Å². The van der Waals surface area contributed by atoms with E-state index in [1.54, 1.807) is 6.20 Å². The van der Waals surface area contributed by atoms with Crippen molar-refractivity contribution in [1.29, 1.82) is 0 Å². The second-order valence-corrected chi connectivity index (χ2v) is 8.31. The Kier molecular flexibility index (Phi) is 5.67. The molecule has 3 aromatic heterocycles. The number of hydrazine groups is 1. The predicted octanol–water partition coefficient (Wildman–Crippen LogP) is 3.85. The van der Waals surface area contributed by atoms with Gasteiger partial charge >= 0.3 is 0 Å². The number of aromatic nitrogens is 4. The zero-order valence-corrected chi connectivity index (χ0v) is 18.3. The molecule has 0 aliphatic carbocycles. The van der Waals surface area contributed by atoms with Crippen LogP contribution >= 0.6 is 0 Å². The number of fused-ring (bicyclic) bond motifs is 1. The lowest BCUT2D eigenvalue weighted by molar-refractivity contribution is 0.419. The van der Waals surface area contributed by atoms with E-state index >= 15 is 0 Å². The van der Waals surface area contributed by atoms with E-state index in [-0.39, 0.29) is 0 Å². The van der Waals surface area contributed by atoms with Crippen LogP contribution in [0.15, 0.2) is 35.5 Å². The summed E-state index contributed by atoms with van der Waals surface area (Å²) in [6.45, 7) is 7.59. The Labute approximate surface area is 177 Å². The molecule has 1 atom stereocenters. The van der Waals surface area contributed by atoms with Gasteiger partial charge in [-0.2, -0.15) is 0 Å². The molecule has 0 amide bonds. The molecule has 8 nitrogen and oxygen atoms in total. The van der Waals surface area contributed by atoms with Crippen molar-refractivity contribution >= 4 is 23.1 Å². The normalized spacial score (nSPS) is 16.7. The standard InChI is InChI=1S/C22H30N8/c1-14(2)10-15(3)22-28-27-21-13-17(12-20(23-4)30(21)22)16-6-8-24-18(11-16)26-19-7-9-25-29(19)5/h6,8,11-15,23,25H,7,9-10H2,1-5H3. The average Bonchev–Trinajstić information content (AvgIpc) is 3.33. The molecule has 0 spiro atoms. The lowest BCUT2D eigenvalue weighted by Crippen LogP contribution is -2.29. The number of hydrogen-bond donors (Lipinski definition) is 2. The molecule has 2 N–H and O–H groups in total. The molecule has 0 radical (unpaired) electrons. The van der Waals surface area contributed by atoms with Crippen molar-refractivity contribution in [1.82, 2.24) is 30.0 Å². The molecule has 4 rings (SSSR count). The third-order valence-corrected chi connectivity index (χ3v) is 5.46. The Morgan fingerprint density at radius 2 is 2.00 bits per heavy atom. The van der Waals surface area contributed by atoms with Crippen molar-refractivity contribution in [2.45, 2.75) is 39.5 Å². The molecule has 4 heterocycles. The van der Waals surface area contributed by atoms with Crippen LogP contribution in [0.1, 0.15) is 45.4 Å². The number of anilines is 1. The fourth-order valence-corrected chi connectivity index (χ4v) is 4.04. The average molecular weight is 407 g/mol. The molecule has 1 fully saturated rings. The third kappa shape index (κ3) is 4.00. The zero-order chi connectivity index (χ0) is 21.3. The summed E-state index contributed by atoms with van der Waals surface area (Å²) in [6.07, 6.45) is 3.78. The van der Waals surface area contributed by atoms with Crippen LogP contribution in [-0.4, -0.2) is 51.1 Å². The summed E-state index contributed by atoms with van der Waals surface area (Å²) in [5, 5.41) is 14.3. The van der Waals surface area contributed by atoms with Crippen LogP contribution in [-0.2, 0) is 0 Å². The first kappa shape index (κ1) is 20.3. The molecule has 1 saturated heterocycles. The van der Waals surface area contributed by atoms with E-state index in [0.717, 1.165) is 53.6 Å². The third-order valence-electron chi connectivity index (χ3n) is 5.46. The number of pyridine rings is 2. The first-order valence-corrected chi connectivity index (χ1v) is 10.5. The molecule has 1 aliphatic rings. The van der Waals surface area contributed by atoms with Gasteiger partial charge < -0.3 is 5.32 Å². The van der Waals surface area contributed by atoms with Crippen molar-refractivity contribution < 1.29 is 0 Å². The minimum absolute atomic E-state index is 0.332. The van der Waals surface area contributed by atoms with Crippen LogP contribution in [0.2, 0.25) is 0 Å². The van der Waals surface area contributed by atoms with E-state index < -0.39 is 0 Å². The van der Waals surface area contributed by atoms with Crippen molar-refractivity contribution in [2.75, 3.05) is 26.0 Å². The van der Waals surface area contributed by atoms with Gasteiger partial charge in [-0.25, -0.2) is 15.4 Å². The van der Waals surface area contributed by atoms with Crippen molar-refractivity contribution in [3.05, 3.63) is 36.3 Å². The molecule has 0 saturated carbocycles. The SMILES string of the molecule is CNc1cc(-c2ccnc(N=C3CCNN3C)c2)cc2nnc(C(C)CC(C)C)n12.